The largest absolute Gasteiger partial charge is 0.399 e. The van der Waals surface area contributed by atoms with E-state index in [1.165, 1.54) is 5.56 Å². The number of hydrogen-bond donors (Lipinski definition) is 1. The summed E-state index contributed by atoms with van der Waals surface area (Å²) in [6.45, 7) is 4.91. The van der Waals surface area contributed by atoms with Gasteiger partial charge < -0.3 is 5.73 Å². The predicted octanol–water partition coefficient (Wildman–Crippen LogP) is 3.16. The second kappa shape index (κ2) is 5.85. The van der Waals surface area contributed by atoms with Gasteiger partial charge in [0, 0.05) is 30.9 Å². The highest BCUT2D eigenvalue weighted by Gasteiger charge is 2.17. The Balaban J connectivity index is 2.17. The van der Waals surface area contributed by atoms with Crippen molar-refractivity contribution in [2.24, 2.45) is 7.05 Å². The molecule has 0 aliphatic carbocycles. The summed E-state index contributed by atoms with van der Waals surface area (Å²) >= 11 is 6.29. The van der Waals surface area contributed by atoms with Crippen LogP contribution < -0.4 is 5.73 Å². The Labute approximate surface area is 125 Å². The number of aromatic nitrogens is 2. The summed E-state index contributed by atoms with van der Waals surface area (Å²) in [4.78, 5) is 2.24. The minimum absolute atomic E-state index is 0.258. The van der Waals surface area contributed by atoms with Gasteiger partial charge in [0.2, 0.25) is 0 Å². The van der Waals surface area contributed by atoms with Gasteiger partial charge in [-0.15, -0.1) is 0 Å². The first kappa shape index (κ1) is 14.9. The van der Waals surface area contributed by atoms with Crippen molar-refractivity contribution in [3.05, 3.63) is 46.2 Å². The van der Waals surface area contributed by atoms with Crippen LogP contribution in [0.3, 0.4) is 0 Å². The van der Waals surface area contributed by atoms with Crippen LogP contribution in [0.15, 0.2) is 24.3 Å². The lowest BCUT2D eigenvalue weighted by Gasteiger charge is -2.25. The van der Waals surface area contributed by atoms with Gasteiger partial charge in [0.05, 0.1) is 5.69 Å². The standard InChI is InChI=1S/C15H21ClN4/c1-10-14(15(16)20(4)18-10)9-19(3)11(2)12-6-5-7-13(17)8-12/h5-8,11H,9,17H2,1-4H3. The maximum atomic E-state index is 6.29. The Kier molecular flexibility index (Phi) is 4.35. The van der Waals surface area contributed by atoms with Crippen molar-refractivity contribution in [3.63, 3.8) is 0 Å². The second-order valence-corrected chi connectivity index (χ2v) is 5.60. The molecule has 0 amide bonds. The molecule has 0 spiro atoms. The van der Waals surface area contributed by atoms with Gasteiger partial charge in [0.1, 0.15) is 5.15 Å². The molecule has 0 fully saturated rings. The lowest BCUT2D eigenvalue weighted by molar-refractivity contribution is 0.252. The highest BCUT2D eigenvalue weighted by atomic mass is 35.5. The molecule has 108 valence electrons. The molecule has 1 unspecified atom stereocenters. The number of anilines is 1. The van der Waals surface area contributed by atoms with Gasteiger partial charge in [-0.1, -0.05) is 23.7 Å². The van der Waals surface area contributed by atoms with E-state index in [1.54, 1.807) is 4.68 Å². The second-order valence-electron chi connectivity index (χ2n) is 5.24. The highest BCUT2D eigenvalue weighted by Crippen LogP contribution is 2.26. The van der Waals surface area contributed by atoms with E-state index in [2.05, 4.69) is 30.0 Å². The van der Waals surface area contributed by atoms with Crippen molar-refractivity contribution in [3.8, 4) is 0 Å². The normalized spacial score (nSPS) is 12.9. The molecule has 1 heterocycles. The van der Waals surface area contributed by atoms with E-state index in [9.17, 15) is 0 Å². The lowest BCUT2D eigenvalue weighted by atomic mass is 10.1. The van der Waals surface area contributed by atoms with E-state index in [1.807, 2.05) is 32.2 Å². The Morgan fingerprint density at radius 3 is 2.70 bits per heavy atom. The molecule has 4 nitrogen and oxygen atoms in total. The first-order valence-corrected chi connectivity index (χ1v) is 7.01. The zero-order chi connectivity index (χ0) is 14.9. The quantitative estimate of drug-likeness (QED) is 0.881. The van der Waals surface area contributed by atoms with Crippen LogP contribution in [0.5, 0.6) is 0 Å². The summed E-state index contributed by atoms with van der Waals surface area (Å²) in [6, 6.07) is 8.25. The fourth-order valence-corrected chi connectivity index (χ4v) is 2.55. The minimum Gasteiger partial charge on any atom is -0.399 e. The van der Waals surface area contributed by atoms with Crippen LogP contribution in [-0.2, 0) is 13.6 Å². The van der Waals surface area contributed by atoms with Gasteiger partial charge in [-0.25, -0.2) is 0 Å². The van der Waals surface area contributed by atoms with E-state index < -0.39 is 0 Å². The van der Waals surface area contributed by atoms with Crippen LogP contribution in [0, 0.1) is 6.92 Å². The number of rotatable bonds is 4. The Hall–Kier alpha value is -1.52. The van der Waals surface area contributed by atoms with Crippen LogP contribution >= 0.6 is 11.6 Å². The van der Waals surface area contributed by atoms with E-state index in [4.69, 9.17) is 17.3 Å². The van der Waals surface area contributed by atoms with Crippen LogP contribution in [0.2, 0.25) is 5.15 Å². The van der Waals surface area contributed by atoms with E-state index >= 15 is 0 Å². The molecule has 0 bridgehead atoms. The number of hydrogen-bond acceptors (Lipinski definition) is 3. The van der Waals surface area contributed by atoms with Gasteiger partial charge >= 0.3 is 0 Å². The molecule has 1 aromatic carbocycles. The third-order valence-electron chi connectivity index (χ3n) is 3.73. The van der Waals surface area contributed by atoms with Gasteiger partial charge in [-0.2, -0.15) is 5.10 Å². The van der Waals surface area contributed by atoms with Crippen molar-refractivity contribution in [2.75, 3.05) is 12.8 Å². The number of nitrogens with two attached hydrogens (primary N) is 1. The molecule has 1 atom stereocenters. The molecule has 5 heteroatoms. The maximum Gasteiger partial charge on any atom is 0.131 e. The Morgan fingerprint density at radius 1 is 1.45 bits per heavy atom. The third-order valence-corrected chi connectivity index (χ3v) is 4.20. The van der Waals surface area contributed by atoms with Crippen LogP contribution in [0.25, 0.3) is 0 Å². The van der Waals surface area contributed by atoms with Crippen molar-refractivity contribution in [1.29, 1.82) is 0 Å². The number of nitrogen functional groups attached to an aromatic ring is 1. The number of aryl methyl sites for hydroxylation is 2. The molecule has 0 radical (unpaired) electrons. The maximum absolute atomic E-state index is 6.29. The molecule has 2 rings (SSSR count). The Morgan fingerprint density at radius 2 is 2.15 bits per heavy atom. The molecule has 2 aromatic rings. The predicted molar refractivity (Wildman–Crippen MR) is 83.7 cm³/mol. The molecule has 1 aromatic heterocycles. The van der Waals surface area contributed by atoms with Crippen LogP contribution in [0.1, 0.15) is 29.8 Å². The van der Waals surface area contributed by atoms with Gasteiger partial charge in [-0.05, 0) is 38.6 Å². The highest BCUT2D eigenvalue weighted by molar-refractivity contribution is 6.30. The van der Waals surface area contributed by atoms with Crippen LogP contribution in [-0.4, -0.2) is 21.7 Å². The fourth-order valence-electron chi connectivity index (χ4n) is 2.31. The van der Waals surface area contributed by atoms with Gasteiger partial charge in [-0.3, -0.25) is 9.58 Å². The van der Waals surface area contributed by atoms with Gasteiger partial charge in [0.15, 0.2) is 0 Å². The van der Waals surface area contributed by atoms with Crippen molar-refractivity contribution in [2.45, 2.75) is 26.4 Å². The molecular weight excluding hydrogens is 272 g/mol. The van der Waals surface area contributed by atoms with Crippen LogP contribution in [0.4, 0.5) is 5.69 Å². The zero-order valence-corrected chi connectivity index (χ0v) is 13.1. The topological polar surface area (TPSA) is 47.1 Å². The minimum atomic E-state index is 0.258. The summed E-state index contributed by atoms with van der Waals surface area (Å²) in [6.07, 6.45) is 0. The number of halogens is 1. The first-order valence-electron chi connectivity index (χ1n) is 6.63. The number of nitrogens with zero attached hydrogens (tertiary/aromatic N) is 3. The first-order chi connectivity index (χ1) is 9.40. The molecular formula is C15H21ClN4. The fraction of sp³-hybridized carbons (Fsp3) is 0.400. The summed E-state index contributed by atoms with van der Waals surface area (Å²) in [5.74, 6) is 0. The molecule has 0 saturated heterocycles. The summed E-state index contributed by atoms with van der Waals surface area (Å²) < 4.78 is 1.71. The van der Waals surface area contributed by atoms with E-state index in [0.717, 1.165) is 23.5 Å². The summed E-state index contributed by atoms with van der Waals surface area (Å²) in [5, 5.41) is 5.05. The zero-order valence-electron chi connectivity index (χ0n) is 12.4. The lowest BCUT2D eigenvalue weighted by Crippen LogP contribution is -2.22. The van der Waals surface area contributed by atoms with Crippen molar-refractivity contribution >= 4 is 17.3 Å². The molecule has 0 saturated carbocycles. The van der Waals surface area contributed by atoms with E-state index in [0.29, 0.717) is 5.15 Å². The number of benzene rings is 1. The summed E-state index contributed by atoms with van der Waals surface area (Å²) in [7, 11) is 3.94. The molecule has 0 aliphatic rings. The average Bonchev–Trinajstić information content (AvgIpc) is 2.64. The molecule has 20 heavy (non-hydrogen) atoms. The Bertz CT molecular complexity index is 606. The SMILES string of the molecule is Cc1nn(C)c(Cl)c1CN(C)C(C)c1cccc(N)c1. The molecule has 2 N–H and O–H groups in total. The van der Waals surface area contributed by atoms with E-state index in [-0.39, 0.29) is 6.04 Å². The summed E-state index contributed by atoms with van der Waals surface area (Å²) in [5.41, 5.74) is 9.89. The smallest absolute Gasteiger partial charge is 0.131 e. The van der Waals surface area contributed by atoms with Crippen molar-refractivity contribution in [1.82, 2.24) is 14.7 Å². The van der Waals surface area contributed by atoms with Crippen molar-refractivity contribution < 1.29 is 0 Å². The third kappa shape index (κ3) is 2.97. The molecule has 0 aliphatic heterocycles. The monoisotopic (exact) mass is 292 g/mol. The van der Waals surface area contributed by atoms with Gasteiger partial charge in [0.25, 0.3) is 0 Å². The average molecular weight is 293 g/mol.